The molecule has 1 amide bonds. The molecule has 1 aliphatic heterocycles. The minimum absolute atomic E-state index is 0.451. The number of aryl methyl sites for hydroxylation is 1. The summed E-state index contributed by atoms with van der Waals surface area (Å²) in [4.78, 5) is 11.0. The minimum Gasteiger partial charge on any atom is -0.491 e. The van der Waals surface area contributed by atoms with Gasteiger partial charge in [-0.15, -0.1) is 0 Å². The van der Waals surface area contributed by atoms with Crippen LogP contribution in [-0.2, 0) is 6.42 Å². The van der Waals surface area contributed by atoms with Crippen molar-refractivity contribution in [3.63, 3.8) is 0 Å². The van der Waals surface area contributed by atoms with Gasteiger partial charge in [0.05, 0.1) is 12.3 Å². The molecule has 4 heteroatoms. The van der Waals surface area contributed by atoms with Crippen LogP contribution in [0, 0.1) is 0 Å². The Morgan fingerprint density at radius 2 is 2.21 bits per heavy atom. The Bertz CT molecular complexity index is 388. The molecule has 1 aromatic carbocycles. The number of nitrogens with two attached hydrogens (primary N) is 2. The molecule has 0 unspecified atom stereocenters. The standard InChI is InChI=1S/C10H12N2O2/c11-8-5-7(10(12)13)4-6-2-1-3-14-9(6)8/h4-5H,1-3,11H2,(H2,12,13). The van der Waals surface area contributed by atoms with E-state index >= 15 is 0 Å². The molecular weight excluding hydrogens is 180 g/mol. The van der Waals surface area contributed by atoms with E-state index < -0.39 is 5.91 Å². The predicted molar refractivity (Wildman–Crippen MR) is 53.2 cm³/mol. The molecule has 0 saturated heterocycles. The first-order valence-electron chi connectivity index (χ1n) is 4.53. The first-order valence-corrected chi connectivity index (χ1v) is 4.53. The lowest BCUT2D eigenvalue weighted by molar-refractivity contribution is 0.1000. The van der Waals surface area contributed by atoms with Crippen LogP contribution in [0.1, 0.15) is 22.3 Å². The summed E-state index contributed by atoms with van der Waals surface area (Å²) < 4.78 is 5.41. The Morgan fingerprint density at radius 3 is 2.93 bits per heavy atom. The number of ether oxygens (including phenoxy) is 1. The lowest BCUT2D eigenvalue weighted by atomic mass is 10.0. The lowest BCUT2D eigenvalue weighted by Gasteiger charge is -2.19. The number of fused-ring (bicyclic) bond motifs is 1. The molecule has 0 saturated carbocycles. The van der Waals surface area contributed by atoms with E-state index in [-0.39, 0.29) is 0 Å². The van der Waals surface area contributed by atoms with Gasteiger partial charge >= 0.3 is 0 Å². The van der Waals surface area contributed by atoms with E-state index in [4.69, 9.17) is 16.2 Å². The fraction of sp³-hybridized carbons (Fsp3) is 0.300. The highest BCUT2D eigenvalue weighted by atomic mass is 16.5. The van der Waals surface area contributed by atoms with E-state index in [9.17, 15) is 4.79 Å². The Labute approximate surface area is 81.8 Å². The number of primary amides is 1. The summed E-state index contributed by atoms with van der Waals surface area (Å²) in [6.45, 7) is 0.688. The third-order valence-electron chi connectivity index (χ3n) is 2.32. The van der Waals surface area contributed by atoms with Gasteiger partial charge in [0.15, 0.2) is 0 Å². The number of nitrogen functional groups attached to an aromatic ring is 1. The van der Waals surface area contributed by atoms with Crippen LogP contribution in [0.4, 0.5) is 5.69 Å². The molecule has 2 rings (SSSR count). The summed E-state index contributed by atoms with van der Waals surface area (Å²) in [6.07, 6.45) is 1.84. The maximum absolute atomic E-state index is 11.0. The predicted octanol–water partition coefficient (Wildman–Crippen LogP) is 0.693. The molecule has 0 bridgehead atoms. The molecule has 1 heterocycles. The monoisotopic (exact) mass is 192 g/mol. The van der Waals surface area contributed by atoms with Gasteiger partial charge in [-0.25, -0.2) is 0 Å². The zero-order valence-electron chi connectivity index (χ0n) is 7.75. The van der Waals surface area contributed by atoms with Gasteiger partial charge in [-0.1, -0.05) is 0 Å². The number of anilines is 1. The van der Waals surface area contributed by atoms with Crippen LogP contribution in [0.15, 0.2) is 12.1 Å². The zero-order valence-corrected chi connectivity index (χ0v) is 7.75. The van der Waals surface area contributed by atoms with Gasteiger partial charge in [-0.05, 0) is 30.5 Å². The average Bonchev–Trinajstić information content (AvgIpc) is 2.17. The summed E-state index contributed by atoms with van der Waals surface area (Å²) in [6, 6.07) is 3.32. The molecule has 0 radical (unpaired) electrons. The second-order valence-electron chi connectivity index (χ2n) is 3.37. The van der Waals surface area contributed by atoms with Gasteiger partial charge < -0.3 is 16.2 Å². The fourth-order valence-electron chi connectivity index (χ4n) is 1.65. The van der Waals surface area contributed by atoms with E-state index in [2.05, 4.69) is 0 Å². The van der Waals surface area contributed by atoms with Crippen LogP contribution in [0.25, 0.3) is 0 Å². The van der Waals surface area contributed by atoms with Crippen molar-refractivity contribution >= 4 is 11.6 Å². The number of hydrogen-bond donors (Lipinski definition) is 2. The van der Waals surface area contributed by atoms with E-state index in [1.54, 1.807) is 12.1 Å². The Balaban J connectivity index is 2.51. The molecule has 0 fully saturated rings. The Hall–Kier alpha value is -1.71. The molecule has 1 aliphatic rings. The largest absolute Gasteiger partial charge is 0.491 e. The smallest absolute Gasteiger partial charge is 0.248 e. The van der Waals surface area contributed by atoms with Crippen molar-refractivity contribution < 1.29 is 9.53 Å². The molecule has 4 nitrogen and oxygen atoms in total. The van der Waals surface area contributed by atoms with Gasteiger partial charge in [0.2, 0.25) is 5.91 Å². The van der Waals surface area contributed by atoms with Crippen molar-refractivity contribution in [1.82, 2.24) is 0 Å². The third-order valence-corrected chi connectivity index (χ3v) is 2.32. The van der Waals surface area contributed by atoms with E-state index in [0.717, 1.165) is 18.4 Å². The van der Waals surface area contributed by atoms with Crippen molar-refractivity contribution in [3.05, 3.63) is 23.3 Å². The van der Waals surface area contributed by atoms with Gasteiger partial charge in [-0.2, -0.15) is 0 Å². The summed E-state index contributed by atoms with van der Waals surface area (Å²) in [7, 11) is 0. The second kappa shape index (κ2) is 3.21. The SMILES string of the molecule is NC(=O)c1cc(N)c2c(c1)CCCO2. The van der Waals surface area contributed by atoms with Crippen molar-refractivity contribution in [2.24, 2.45) is 5.73 Å². The molecular formula is C10H12N2O2. The van der Waals surface area contributed by atoms with E-state index in [0.29, 0.717) is 23.6 Å². The highest BCUT2D eigenvalue weighted by molar-refractivity contribution is 5.94. The topological polar surface area (TPSA) is 78.3 Å². The molecule has 0 spiro atoms. The van der Waals surface area contributed by atoms with Gasteiger partial charge in [0.25, 0.3) is 0 Å². The van der Waals surface area contributed by atoms with Crippen LogP contribution >= 0.6 is 0 Å². The lowest BCUT2D eigenvalue weighted by Crippen LogP contribution is -2.15. The van der Waals surface area contributed by atoms with E-state index in [1.807, 2.05) is 0 Å². The summed E-state index contributed by atoms with van der Waals surface area (Å²) >= 11 is 0. The normalized spacial score (nSPS) is 14.3. The van der Waals surface area contributed by atoms with Crippen molar-refractivity contribution in [1.29, 1.82) is 0 Å². The van der Waals surface area contributed by atoms with Crippen LogP contribution in [0.3, 0.4) is 0 Å². The summed E-state index contributed by atoms with van der Waals surface area (Å²) in [5, 5.41) is 0. The van der Waals surface area contributed by atoms with Crippen molar-refractivity contribution in [2.45, 2.75) is 12.8 Å². The molecule has 4 N–H and O–H groups in total. The molecule has 74 valence electrons. The van der Waals surface area contributed by atoms with Crippen molar-refractivity contribution in [3.8, 4) is 5.75 Å². The molecule has 1 aromatic rings. The first kappa shape index (κ1) is 8.87. The number of rotatable bonds is 1. The third kappa shape index (κ3) is 1.39. The summed E-state index contributed by atoms with van der Waals surface area (Å²) in [5.41, 5.74) is 12.9. The minimum atomic E-state index is -0.454. The van der Waals surface area contributed by atoms with E-state index in [1.165, 1.54) is 0 Å². The maximum Gasteiger partial charge on any atom is 0.248 e. The van der Waals surface area contributed by atoms with Gasteiger partial charge in [0.1, 0.15) is 5.75 Å². The van der Waals surface area contributed by atoms with Gasteiger partial charge in [0, 0.05) is 5.56 Å². The molecule has 14 heavy (non-hydrogen) atoms. The molecule has 0 atom stereocenters. The zero-order chi connectivity index (χ0) is 10.1. The number of amides is 1. The highest BCUT2D eigenvalue weighted by Gasteiger charge is 2.15. The number of carbonyl (C=O) groups excluding carboxylic acids is 1. The quantitative estimate of drug-likeness (QED) is 0.642. The highest BCUT2D eigenvalue weighted by Crippen LogP contribution is 2.32. The van der Waals surface area contributed by atoms with Crippen LogP contribution < -0.4 is 16.2 Å². The Kier molecular flexibility index (Phi) is 2.04. The first-order chi connectivity index (χ1) is 6.68. The van der Waals surface area contributed by atoms with Crippen LogP contribution in [0.5, 0.6) is 5.75 Å². The van der Waals surface area contributed by atoms with Gasteiger partial charge in [-0.3, -0.25) is 4.79 Å². The summed E-state index contributed by atoms with van der Waals surface area (Å²) in [5.74, 6) is 0.256. The van der Waals surface area contributed by atoms with Crippen LogP contribution in [-0.4, -0.2) is 12.5 Å². The second-order valence-corrected chi connectivity index (χ2v) is 3.37. The number of carbonyl (C=O) groups is 1. The molecule has 0 aromatic heterocycles. The Morgan fingerprint density at radius 1 is 1.43 bits per heavy atom. The maximum atomic E-state index is 11.0. The molecule has 0 aliphatic carbocycles. The number of hydrogen-bond acceptors (Lipinski definition) is 3. The van der Waals surface area contributed by atoms with Crippen molar-refractivity contribution in [2.75, 3.05) is 12.3 Å². The van der Waals surface area contributed by atoms with Crippen LogP contribution in [0.2, 0.25) is 0 Å². The fourth-order valence-corrected chi connectivity index (χ4v) is 1.65. The number of benzene rings is 1. The average molecular weight is 192 g/mol.